The van der Waals surface area contributed by atoms with Gasteiger partial charge in [-0.1, -0.05) is 18.1 Å². The topological polar surface area (TPSA) is 29.5 Å². The molecule has 84 valence electrons. The van der Waals surface area contributed by atoms with Gasteiger partial charge in [-0.05, 0) is 42.0 Å². The minimum Gasteiger partial charge on any atom is -0.457 e. The molecule has 0 fully saturated rings. The van der Waals surface area contributed by atoms with Crippen molar-refractivity contribution in [3.63, 3.8) is 0 Å². The minimum atomic E-state index is 0.00717. The number of rotatable bonds is 3. The normalized spacial score (nSPS) is 9.65. The van der Waals surface area contributed by atoms with Gasteiger partial charge in [0.1, 0.15) is 11.5 Å². The van der Waals surface area contributed by atoms with Crippen LogP contribution in [-0.2, 0) is 6.61 Å². The number of hydrogen-bond acceptors (Lipinski definition) is 2. The van der Waals surface area contributed by atoms with Crippen LogP contribution in [0.25, 0.3) is 0 Å². The Balaban J connectivity index is 2.16. The molecule has 0 atom stereocenters. The zero-order valence-electron chi connectivity index (χ0n) is 9.26. The third-order valence-electron chi connectivity index (χ3n) is 2.34. The summed E-state index contributed by atoms with van der Waals surface area (Å²) in [5.41, 5.74) is 1.64. The van der Waals surface area contributed by atoms with Crippen molar-refractivity contribution >= 4 is 0 Å². The van der Waals surface area contributed by atoms with Gasteiger partial charge in [-0.15, -0.1) is 6.42 Å². The number of aliphatic hydroxyl groups is 1. The lowest BCUT2D eigenvalue weighted by Gasteiger charge is -2.06. The molecule has 0 saturated carbocycles. The average Bonchev–Trinajstić information content (AvgIpc) is 2.40. The van der Waals surface area contributed by atoms with Crippen molar-refractivity contribution in [2.45, 2.75) is 6.61 Å². The highest BCUT2D eigenvalue weighted by Gasteiger charge is 1.98. The predicted molar refractivity (Wildman–Crippen MR) is 66.8 cm³/mol. The summed E-state index contributed by atoms with van der Waals surface area (Å²) in [4.78, 5) is 0. The van der Waals surface area contributed by atoms with E-state index in [1.54, 1.807) is 6.07 Å². The first-order chi connectivity index (χ1) is 8.31. The molecule has 17 heavy (non-hydrogen) atoms. The van der Waals surface area contributed by atoms with Gasteiger partial charge in [-0.3, -0.25) is 0 Å². The second-order valence-electron chi connectivity index (χ2n) is 3.58. The predicted octanol–water partition coefficient (Wildman–Crippen LogP) is 2.95. The van der Waals surface area contributed by atoms with Crippen LogP contribution >= 0.6 is 0 Å². The fourth-order valence-corrected chi connectivity index (χ4v) is 1.46. The summed E-state index contributed by atoms with van der Waals surface area (Å²) in [6.45, 7) is 0.00717. The molecule has 0 aliphatic heterocycles. The zero-order valence-corrected chi connectivity index (χ0v) is 9.26. The third-order valence-corrected chi connectivity index (χ3v) is 2.34. The van der Waals surface area contributed by atoms with Crippen molar-refractivity contribution in [3.05, 3.63) is 59.7 Å². The molecule has 0 aromatic heterocycles. The minimum absolute atomic E-state index is 0.00717. The molecule has 2 heteroatoms. The first kappa shape index (κ1) is 11.3. The maximum atomic E-state index is 9.02. The van der Waals surface area contributed by atoms with E-state index in [0.717, 1.165) is 16.9 Å². The Morgan fingerprint density at radius 2 is 1.82 bits per heavy atom. The van der Waals surface area contributed by atoms with Crippen molar-refractivity contribution in [1.82, 2.24) is 0 Å². The van der Waals surface area contributed by atoms with E-state index >= 15 is 0 Å². The van der Waals surface area contributed by atoms with Crippen LogP contribution in [0.5, 0.6) is 11.5 Å². The number of benzene rings is 2. The van der Waals surface area contributed by atoms with Gasteiger partial charge in [0, 0.05) is 5.56 Å². The van der Waals surface area contributed by atoms with Gasteiger partial charge in [-0.2, -0.15) is 0 Å². The highest BCUT2D eigenvalue weighted by atomic mass is 16.5. The van der Waals surface area contributed by atoms with Gasteiger partial charge >= 0.3 is 0 Å². The number of ether oxygens (including phenoxy) is 1. The van der Waals surface area contributed by atoms with E-state index in [2.05, 4.69) is 5.92 Å². The van der Waals surface area contributed by atoms with Crippen molar-refractivity contribution in [2.24, 2.45) is 0 Å². The molecule has 2 aromatic rings. The molecule has 0 saturated heterocycles. The smallest absolute Gasteiger partial charge is 0.127 e. The maximum Gasteiger partial charge on any atom is 0.127 e. The first-order valence-corrected chi connectivity index (χ1v) is 5.26. The second-order valence-corrected chi connectivity index (χ2v) is 3.58. The molecule has 1 N–H and O–H groups in total. The molecule has 2 aromatic carbocycles. The summed E-state index contributed by atoms with van der Waals surface area (Å²) in [5.74, 6) is 3.97. The van der Waals surface area contributed by atoms with E-state index in [1.807, 2.05) is 42.5 Å². The van der Waals surface area contributed by atoms with E-state index in [0.29, 0.717) is 5.75 Å². The molecular weight excluding hydrogens is 212 g/mol. The van der Waals surface area contributed by atoms with E-state index in [-0.39, 0.29) is 6.61 Å². The van der Waals surface area contributed by atoms with Crippen molar-refractivity contribution in [2.75, 3.05) is 0 Å². The van der Waals surface area contributed by atoms with E-state index in [9.17, 15) is 0 Å². The fraction of sp³-hybridized carbons (Fsp3) is 0.0667. The van der Waals surface area contributed by atoms with Crippen LogP contribution in [0.15, 0.2) is 48.5 Å². The Morgan fingerprint density at radius 1 is 1.06 bits per heavy atom. The highest BCUT2D eigenvalue weighted by Crippen LogP contribution is 2.22. The Hall–Kier alpha value is -2.24. The molecule has 2 nitrogen and oxygen atoms in total. The van der Waals surface area contributed by atoms with Gasteiger partial charge in [0.2, 0.25) is 0 Å². The third kappa shape index (κ3) is 2.87. The van der Waals surface area contributed by atoms with Gasteiger partial charge in [0.15, 0.2) is 0 Å². The van der Waals surface area contributed by atoms with Crippen molar-refractivity contribution in [1.29, 1.82) is 0 Å². The van der Waals surface area contributed by atoms with Crippen LogP contribution in [0.3, 0.4) is 0 Å². The molecule has 2 rings (SSSR count). The molecule has 0 unspecified atom stereocenters. The highest BCUT2D eigenvalue weighted by molar-refractivity contribution is 5.39. The number of terminal acetylenes is 1. The monoisotopic (exact) mass is 224 g/mol. The summed E-state index contributed by atoms with van der Waals surface area (Å²) >= 11 is 0. The Morgan fingerprint density at radius 3 is 2.47 bits per heavy atom. The fourth-order valence-electron chi connectivity index (χ4n) is 1.46. The summed E-state index contributed by atoms with van der Waals surface area (Å²) in [5, 5.41) is 9.02. The van der Waals surface area contributed by atoms with Crippen molar-refractivity contribution in [3.8, 4) is 23.8 Å². The standard InChI is InChI=1S/C15H12O2/c1-2-12-6-8-14(9-7-12)17-15-5-3-4-13(10-15)11-16/h1,3-10,16H,11H2. The summed E-state index contributed by atoms with van der Waals surface area (Å²) in [6.07, 6.45) is 5.27. The first-order valence-electron chi connectivity index (χ1n) is 5.26. The Labute approximate surface area is 100 Å². The van der Waals surface area contributed by atoms with Crippen LogP contribution in [0.1, 0.15) is 11.1 Å². The Kier molecular flexibility index (Phi) is 3.44. The van der Waals surface area contributed by atoms with Crippen LogP contribution in [0, 0.1) is 12.3 Å². The molecule has 0 aliphatic rings. The van der Waals surface area contributed by atoms with E-state index < -0.39 is 0 Å². The van der Waals surface area contributed by atoms with Gasteiger partial charge in [-0.25, -0.2) is 0 Å². The van der Waals surface area contributed by atoms with Crippen molar-refractivity contribution < 1.29 is 9.84 Å². The van der Waals surface area contributed by atoms with Crippen LogP contribution in [-0.4, -0.2) is 5.11 Å². The molecule has 0 heterocycles. The SMILES string of the molecule is C#Cc1ccc(Oc2cccc(CO)c2)cc1. The molecule has 0 aliphatic carbocycles. The maximum absolute atomic E-state index is 9.02. The molecule has 0 radical (unpaired) electrons. The zero-order chi connectivity index (χ0) is 12.1. The lowest BCUT2D eigenvalue weighted by atomic mass is 10.2. The van der Waals surface area contributed by atoms with Crippen LogP contribution in [0.4, 0.5) is 0 Å². The molecule has 0 spiro atoms. The lowest BCUT2D eigenvalue weighted by molar-refractivity contribution is 0.281. The lowest BCUT2D eigenvalue weighted by Crippen LogP contribution is -1.87. The second kappa shape index (κ2) is 5.20. The van der Waals surface area contributed by atoms with Gasteiger partial charge < -0.3 is 9.84 Å². The summed E-state index contributed by atoms with van der Waals surface area (Å²) in [7, 11) is 0. The number of hydrogen-bond donors (Lipinski definition) is 1. The summed E-state index contributed by atoms with van der Waals surface area (Å²) in [6, 6.07) is 14.6. The quantitative estimate of drug-likeness (QED) is 0.812. The largest absolute Gasteiger partial charge is 0.457 e. The molecular formula is C15H12O2. The van der Waals surface area contributed by atoms with E-state index in [4.69, 9.17) is 16.3 Å². The number of aliphatic hydroxyl groups excluding tert-OH is 1. The molecule has 0 amide bonds. The van der Waals surface area contributed by atoms with Gasteiger partial charge in [0.25, 0.3) is 0 Å². The summed E-state index contributed by atoms with van der Waals surface area (Å²) < 4.78 is 5.64. The average molecular weight is 224 g/mol. The van der Waals surface area contributed by atoms with E-state index in [1.165, 1.54) is 0 Å². The molecule has 0 bridgehead atoms. The van der Waals surface area contributed by atoms with Crippen LogP contribution in [0.2, 0.25) is 0 Å². The Bertz CT molecular complexity index is 536. The van der Waals surface area contributed by atoms with Crippen LogP contribution < -0.4 is 4.74 Å². The van der Waals surface area contributed by atoms with Gasteiger partial charge in [0.05, 0.1) is 6.61 Å².